The zero-order valence-electron chi connectivity index (χ0n) is 16.2. The molecule has 1 aliphatic carbocycles. The van der Waals surface area contributed by atoms with E-state index in [1.165, 1.54) is 36.1 Å². The summed E-state index contributed by atoms with van der Waals surface area (Å²) in [6.45, 7) is 2.83. The van der Waals surface area contributed by atoms with Gasteiger partial charge in [0.1, 0.15) is 5.82 Å². The van der Waals surface area contributed by atoms with Gasteiger partial charge in [0.25, 0.3) is 11.5 Å². The Hall–Kier alpha value is -2.47. The van der Waals surface area contributed by atoms with E-state index in [1.807, 2.05) is 25.1 Å². The lowest BCUT2D eigenvalue weighted by Gasteiger charge is -2.19. The number of amides is 1. The number of carbonyl (C=O) groups is 1. The molecule has 146 valence electrons. The summed E-state index contributed by atoms with van der Waals surface area (Å²) in [5.41, 5.74) is 1.84. The number of aryl methyl sites for hydroxylation is 2. The first kappa shape index (κ1) is 18.9. The third-order valence-corrected chi connectivity index (χ3v) is 6.60. The number of nitrogens with zero attached hydrogens (tertiary/aromatic N) is 2. The lowest BCUT2D eigenvalue weighted by molar-refractivity contribution is 0.0753. The Kier molecular flexibility index (Phi) is 5.57. The van der Waals surface area contributed by atoms with Crippen molar-refractivity contribution in [3.05, 3.63) is 61.8 Å². The van der Waals surface area contributed by atoms with Crippen molar-refractivity contribution >= 4 is 28.1 Å². The molecule has 0 atom stereocenters. The van der Waals surface area contributed by atoms with Crippen molar-refractivity contribution in [2.75, 3.05) is 6.54 Å². The molecule has 0 aliphatic heterocycles. The molecular weight excluding hydrogens is 370 g/mol. The maximum Gasteiger partial charge on any atom is 0.264 e. The first-order chi connectivity index (χ1) is 13.7. The van der Waals surface area contributed by atoms with Crippen molar-refractivity contribution in [2.24, 2.45) is 0 Å². The summed E-state index contributed by atoms with van der Waals surface area (Å²) in [6.07, 6.45) is 7.13. The lowest BCUT2D eigenvalue weighted by Crippen LogP contribution is -2.31. The fourth-order valence-electron chi connectivity index (χ4n) is 3.82. The second-order valence-electron chi connectivity index (χ2n) is 7.32. The Morgan fingerprint density at radius 3 is 2.79 bits per heavy atom. The average molecular weight is 396 g/mol. The van der Waals surface area contributed by atoms with Crippen LogP contribution in [0.3, 0.4) is 0 Å². The van der Waals surface area contributed by atoms with E-state index in [2.05, 4.69) is 16.0 Å². The van der Waals surface area contributed by atoms with Gasteiger partial charge in [-0.15, -0.1) is 11.3 Å². The second kappa shape index (κ2) is 8.27. The summed E-state index contributed by atoms with van der Waals surface area (Å²) in [5.74, 6) is 0.545. The topological polar surface area (TPSA) is 66.1 Å². The number of thiophene rings is 1. The number of fused-ring (bicyclic) bond motifs is 2. The van der Waals surface area contributed by atoms with E-state index < -0.39 is 0 Å². The molecule has 5 nitrogen and oxygen atoms in total. The van der Waals surface area contributed by atoms with Crippen LogP contribution < -0.4 is 5.56 Å². The molecule has 0 unspecified atom stereocenters. The van der Waals surface area contributed by atoms with E-state index in [0.717, 1.165) is 17.7 Å². The number of rotatable bonds is 4. The highest BCUT2D eigenvalue weighted by Gasteiger charge is 2.21. The van der Waals surface area contributed by atoms with Gasteiger partial charge in [0.05, 0.1) is 22.3 Å². The van der Waals surface area contributed by atoms with Crippen LogP contribution in [0.1, 0.15) is 58.5 Å². The minimum absolute atomic E-state index is 0.0232. The third-order valence-electron chi connectivity index (χ3n) is 5.38. The number of H-pyrrole nitrogens is 1. The second-order valence-corrected chi connectivity index (χ2v) is 8.46. The minimum Gasteiger partial charge on any atom is -0.331 e. The Bertz CT molecular complexity index is 1030. The van der Waals surface area contributed by atoms with Crippen molar-refractivity contribution in [3.8, 4) is 0 Å². The van der Waals surface area contributed by atoms with Crippen LogP contribution in [-0.2, 0) is 19.4 Å². The first-order valence-corrected chi connectivity index (χ1v) is 10.9. The predicted molar refractivity (Wildman–Crippen MR) is 113 cm³/mol. The molecule has 0 radical (unpaired) electrons. The van der Waals surface area contributed by atoms with Gasteiger partial charge >= 0.3 is 0 Å². The fourth-order valence-corrected chi connectivity index (χ4v) is 5.04. The Morgan fingerprint density at radius 1 is 1.18 bits per heavy atom. The predicted octanol–water partition coefficient (Wildman–Crippen LogP) is 4.31. The molecule has 1 aromatic carbocycles. The summed E-state index contributed by atoms with van der Waals surface area (Å²) in [4.78, 5) is 36.7. The van der Waals surface area contributed by atoms with Crippen LogP contribution in [0.2, 0.25) is 0 Å². The molecule has 0 saturated heterocycles. The van der Waals surface area contributed by atoms with Crippen LogP contribution in [0, 0.1) is 0 Å². The first-order valence-electron chi connectivity index (χ1n) is 10.0. The van der Waals surface area contributed by atoms with E-state index in [1.54, 1.807) is 22.3 Å². The Labute approximate surface area is 168 Å². The number of benzene rings is 1. The number of hydrogen-bond donors (Lipinski definition) is 1. The molecule has 0 saturated carbocycles. The van der Waals surface area contributed by atoms with E-state index in [-0.39, 0.29) is 11.5 Å². The van der Waals surface area contributed by atoms with E-state index in [0.29, 0.717) is 29.8 Å². The summed E-state index contributed by atoms with van der Waals surface area (Å²) in [7, 11) is 0. The quantitative estimate of drug-likeness (QED) is 0.716. The molecule has 1 N–H and O–H groups in total. The summed E-state index contributed by atoms with van der Waals surface area (Å²) in [5, 5.41) is 0.568. The number of aromatic amines is 1. The van der Waals surface area contributed by atoms with Crippen molar-refractivity contribution in [2.45, 2.75) is 52.0 Å². The number of para-hydroxylation sites is 1. The van der Waals surface area contributed by atoms with Gasteiger partial charge in [-0.2, -0.15) is 0 Å². The van der Waals surface area contributed by atoms with E-state index in [4.69, 9.17) is 0 Å². The molecule has 0 fully saturated rings. The molecule has 4 rings (SSSR count). The molecule has 0 spiro atoms. The van der Waals surface area contributed by atoms with Gasteiger partial charge in [-0.3, -0.25) is 9.59 Å². The van der Waals surface area contributed by atoms with Gasteiger partial charge in [0, 0.05) is 11.4 Å². The molecule has 1 amide bonds. The van der Waals surface area contributed by atoms with Gasteiger partial charge in [0.2, 0.25) is 0 Å². The van der Waals surface area contributed by atoms with Crippen LogP contribution >= 0.6 is 11.3 Å². The van der Waals surface area contributed by atoms with Crippen LogP contribution in [0.5, 0.6) is 0 Å². The Balaban J connectivity index is 1.58. The molecule has 2 heterocycles. The van der Waals surface area contributed by atoms with Crippen LogP contribution in [0.15, 0.2) is 35.1 Å². The van der Waals surface area contributed by atoms with Crippen molar-refractivity contribution in [1.82, 2.24) is 14.9 Å². The third kappa shape index (κ3) is 3.87. The minimum atomic E-state index is -0.164. The number of hydrogen-bond acceptors (Lipinski definition) is 4. The maximum atomic E-state index is 13.1. The normalized spacial score (nSPS) is 14.3. The fraction of sp³-hybridized carbons (Fsp3) is 0.409. The van der Waals surface area contributed by atoms with Crippen molar-refractivity contribution in [1.29, 1.82) is 0 Å². The van der Waals surface area contributed by atoms with Crippen molar-refractivity contribution < 1.29 is 4.79 Å². The monoisotopic (exact) mass is 395 g/mol. The standard InChI is InChI=1S/C22H25N3O2S/c1-2-25(14-20-23-17-11-8-7-10-16(17)21(26)24-20)22(27)19-13-15-9-5-3-4-6-12-18(15)28-19/h7-8,10-11,13H,2-6,9,12,14H2,1H3,(H,23,24,26). The molecule has 1 aliphatic rings. The van der Waals surface area contributed by atoms with E-state index in [9.17, 15) is 9.59 Å². The molecular formula is C22H25N3O2S. The van der Waals surface area contributed by atoms with E-state index >= 15 is 0 Å². The molecule has 6 heteroatoms. The van der Waals surface area contributed by atoms with Crippen LogP contribution in [0.25, 0.3) is 10.9 Å². The van der Waals surface area contributed by atoms with Crippen LogP contribution in [0.4, 0.5) is 0 Å². The largest absolute Gasteiger partial charge is 0.331 e. The van der Waals surface area contributed by atoms with Gasteiger partial charge in [-0.25, -0.2) is 4.98 Å². The Morgan fingerprint density at radius 2 is 1.96 bits per heavy atom. The summed E-state index contributed by atoms with van der Waals surface area (Å²) in [6, 6.07) is 9.36. The highest BCUT2D eigenvalue weighted by Crippen LogP contribution is 2.29. The highest BCUT2D eigenvalue weighted by atomic mass is 32.1. The molecule has 2 aromatic heterocycles. The maximum absolute atomic E-state index is 13.1. The van der Waals surface area contributed by atoms with Gasteiger partial charge in [0.15, 0.2) is 0 Å². The summed E-state index contributed by atoms with van der Waals surface area (Å²) < 4.78 is 0. The molecule has 3 aromatic rings. The van der Waals surface area contributed by atoms with Crippen LogP contribution in [-0.4, -0.2) is 27.3 Å². The smallest absolute Gasteiger partial charge is 0.264 e. The van der Waals surface area contributed by atoms with Crippen molar-refractivity contribution in [3.63, 3.8) is 0 Å². The van der Waals surface area contributed by atoms with Gasteiger partial charge in [-0.05, 0) is 56.4 Å². The zero-order valence-corrected chi connectivity index (χ0v) is 17.0. The number of nitrogens with one attached hydrogen (secondary N) is 1. The summed E-state index contributed by atoms with van der Waals surface area (Å²) >= 11 is 1.64. The molecule has 0 bridgehead atoms. The SMILES string of the molecule is CCN(Cc1nc2ccccc2c(=O)[nH]1)C(=O)c1cc2c(s1)CCCCCC2. The number of carbonyl (C=O) groups excluding carboxylic acids is 1. The highest BCUT2D eigenvalue weighted by molar-refractivity contribution is 7.14. The van der Waals surface area contributed by atoms with Gasteiger partial charge < -0.3 is 9.88 Å². The zero-order chi connectivity index (χ0) is 19.5. The lowest BCUT2D eigenvalue weighted by atomic mass is 10.00. The molecule has 28 heavy (non-hydrogen) atoms. The average Bonchev–Trinajstić information content (AvgIpc) is 3.07. The van der Waals surface area contributed by atoms with Gasteiger partial charge in [-0.1, -0.05) is 25.0 Å². The number of aromatic nitrogens is 2.